The van der Waals surface area contributed by atoms with Gasteiger partial charge < -0.3 is 10.2 Å². The van der Waals surface area contributed by atoms with E-state index in [-0.39, 0.29) is 17.8 Å². The van der Waals surface area contributed by atoms with E-state index in [0.29, 0.717) is 30.6 Å². The predicted octanol–water partition coefficient (Wildman–Crippen LogP) is 4.96. The number of anilines is 1. The largest absolute Gasteiger partial charge is 0.352 e. The number of nitrogens with one attached hydrogen (secondary N) is 1. The van der Waals surface area contributed by atoms with Gasteiger partial charge in [-0.25, -0.2) is 19.3 Å². The van der Waals surface area contributed by atoms with Gasteiger partial charge in [-0.2, -0.15) is 0 Å². The molecule has 1 fully saturated rings. The Hall–Kier alpha value is -2.87. The summed E-state index contributed by atoms with van der Waals surface area (Å²) in [6, 6.07) is 6.24. The Morgan fingerprint density at radius 2 is 1.97 bits per heavy atom. The number of likely N-dealkylation sites (tertiary alicyclic amines) is 1. The highest BCUT2D eigenvalue weighted by Gasteiger charge is 2.34. The van der Waals surface area contributed by atoms with Crippen molar-refractivity contribution >= 4 is 23.2 Å². The van der Waals surface area contributed by atoms with Gasteiger partial charge in [-0.15, -0.1) is 11.3 Å². The summed E-state index contributed by atoms with van der Waals surface area (Å²) in [5.41, 5.74) is 2.34. The number of aryl methyl sites for hydroxylation is 2. The van der Waals surface area contributed by atoms with Crippen LogP contribution in [0.4, 0.5) is 10.3 Å². The summed E-state index contributed by atoms with van der Waals surface area (Å²) in [5.74, 6) is 0.537. The van der Waals surface area contributed by atoms with Crippen molar-refractivity contribution in [3.63, 3.8) is 0 Å². The second-order valence-electron chi connectivity index (χ2n) is 8.25. The number of thiazole rings is 1. The smallest absolute Gasteiger partial charge is 0.274 e. The van der Waals surface area contributed by atoms with Gasteiger partial charge in [0.1, 0.15) is 11.5 Å². The van der Waals surface area contributed by atoms with Gasteiger partial charge in [0.25, 0.3) is 5.91 Å². The van der Waals surface area contributed by atoms with Crippen molar-refractivity contribution in [1.82, 2.24) is 19.9 Å². The maximum absolute atomic E-state index is 13.7. The van der Waals surface area contributed by atoms with Crippen molar-refractivity contribution in [3.05, 3.63) is 58.7 Å². The molecule has 1 aromatic carbocycles. The molecule has 2 atom stereocenters. The molecule has 0 aliphatic carbocycles. The summed E-state index contributed by atoms with van der Waals surface area (Å²) in [6.07, 6.45) is 6.57. The van der Waals surface area contributed by atoms with Crippen molar-refractivity contribution in [3.8, 4) is 10.4 Å². The average Bonchev–Trinajstić information content (AvgIpc) is 3.20. The van der Waals surface area contributed by atoms with Crippen LogP contribution in [0.1, 0.15) is 47.7 Å². The maximum atomic E-state index is 13.7. The molecule has 1 aliphatic heterocycles. The molecule has 1 unspecified atom stereocenters. The molecule has 4 rings (SSSR count). The van der Waals surface area contributed by atoms with Crippen LogP contribution in [0.25, 0.3) is 10.4 Å². The van der Waals surface area contributed by atoms with E-state index in [4.69, 9.17) is 0 Å². The van der Waals surface area contributed by atoms with Crippen LogP contribution in [0.3, 0.4) is 0 Å². The zero-order valence-electron chi connectivity index (χ0n) is 18.6. The minimum absolute atomic E-state index is 0.00813. The van der Waals surface area contributed by atoms with E-state index in [1.54, 1.807) is 12.1 Å². The normalized spacial score (nSPS) is 18.6. The Morgan fingerprint density at radius 3 is 2.66 bits per heavy atom. The van der Waals surface area contributed by atoms with Gasteiger partial charge in [-0.05, 0) is 55.4 Å². The number of carbonyl (C=O) groups excluding carboxylic acids is 1. The number of amides is 1. The lowest BCUT2D eigenvalue weighted by Crippen LogP contribution is -2.51. The fourth-order valence-corrected chi connectivity index (χ4v) is 5.06. The lowest BCUT2D eigenvalue weighted by molar-refractivity contribution is 0.0535. The Labute approximate surface area is 191 Å². The van der Waals surface area contributed by atoms with Crippen LogP contribution >= 0.6 is 11.3 Å². The van der Waals surface area contributed by atoms with E-state index < -0.39 is 0 Å². The highest BCUT2D eigenvalue weighted by Crippen LogP contribution is 2.33. The standard InChI is InChI=1S/C24H28FN5OS/c1-4-17-12-26-24(27-13-17)28-14-20-15(2)6-5-11-30(20)23(31)21-22(32-16(3)29-21)18-7-9-19(25)10-8-18/h7-10,12-13,15,20H,4-6,11,14H2,1-3H3,(H,26,27,28)/t15?,20-/m1/s1. The lowest BCUT2D eigenvalue weighted by atomic mass is 9.90. The Kier molecular flexibility index (Phi) is 6.79. The van der Waals surface area contributed by atoms with Crippen LogP contribution in [-0.2, 0) is 6.42 Å². The van der Waals surface area contributed by atoms with Crippen LogP contribution < -0.4 is 5.32 Å². The summed E-state index contributed by atoms with van der Waals surface area (Å²) in [6.45, 7) is 7.40. The summed E-state index contributed by atoms with van der Waals surface area (Å²) in [5, 5.41) is 4.13. The van der Waals surface area contributed by atoms with Gasteiger partial charge in [-0.3, -0.25) is 4.79 Å². The average molecular weight is 454 g/mol. The SMILES string of the molecule is CCc1cnc(NC[C@@H]2C(C)CCCN2C(=O)c2nc(C)sc2-c2ccc(F)cc2)nc1. The Morgan fingerprint density at radius 1 is 1.25 bits per heavy atom. The van der Waals surface area contributed by atoms with Crippen molar-refractivity contribution in [2.75, 3.05) is 18.4 Å². The summed E-state index contributed by atoms with van der Waals surface area (Å²) in [7, 11) is 0. The van der Waals surface area contributed by atoms with Gasteiger partial charge in [0.15, 0.2) is 0 Å². The monoisotopic (exact) mass is 453 g/mol. The molecule has 1 aliphatic rings. The second kappa shape index (κ2) is 9.73. The number of rotatable bonds is 6. The number of piperidine rings is 1. The number of hydrogen-bond acceptors (Lipinski definition) is 6. The van der Waals surface area contributed by atoms with Gasteiger partial charge in [-0.1, -0.05) is 26.0 Å². The summed E-state index contributed by atoms with van der Waals surface area (Å²) >= 11 is 1.46. The molecule has 6 nitrogen and oxygen atoms in total. The number of benzene rings is 1. The molecule has 168 valence electrons. The highest BCUT2D eigenvalue weighted by molar-refractivity contribution is 7.15. The zero-order chi connectivity index (χ0) is 22.7. The highest BCUT2D eigenvalue weighted by atomic mass is 32.1. The summed E-state index contributed by atoms with van der Waals surface area (Å²) < 4.78 is 13.4. The molecule has 8 heteroatoms. The molecule has 1 amide bonds. The molecule has 3 aromatic rings. The van der Waals surface area contributed by atoms with Gasteiger partial charge in [0, 0.05) is 25.5 Å². The van der Waals surface area contributed by atoms with E-state index in [9.17, 15) is 9.18 Å². The van der Waals surface area contributed by atoms with Crippen molar-refractivity contribution in [2.24, 2.45) is 5.92 Å². The Bertz CT molecular complexity index is 1070. The van der Waals surface area contributed by atoms with E-state index in [0.717, 1.165) is 40.3 Å². The third-order valence-corrected chi connectivity index (χ3v) is 7.02. The molecule has 0 spiro atoms. The van der Waals surface area contributed by atoms with Crippen molar-refractivity contribution in [1.29, 1.82) is 0 Å². The predicted molar refractivity (Wildman–Crippen MR) is 125 cm³/mol. The Balaban J connectivity index is 1.56. The molecule has 0 bridgehead atoms. The van der Waals surface area contributed by atoms with E-state index in [1.807, 2.05) is 24.2 Å². The third-order valence-electron chi connectivity index (χ3n) is 6.00. The van der Waals surface area contributed by atoms with Gasteiger partial charge >= 0.3 is 0 Å². The first-order chi connectivity index (χ1) is 15.5. The van der Waals surface area contributed by atoms with E-state index in [1.165, 1.54) is 23.5 Å². The second-order valence-corrected chi connectivity index (χ2v) is 9.46. The maximum Gasteiger partial charge on any atom is 0.274 e. The number of halogens is 1. The molecule has 1 N–H and O–H groups in total. The minimum atomic E-state index is -0.298. The molecule has 32 heavy (non-hydrogen) atoms. The van der Waals surface area contributed by atoms with Crippen LogP contribution in [0.2, 0.25) is 0 Å². The van der Waals surface area contributed by atoms with Crippen molar-refractivity contribution in [2.45, 2.75) is 46.1 Å². The van der Waals surface area contributed by atoms with Crippen LogP contribution in [0, 0.1) is 18.7 Å². The van der Waals surface area contributed by atoms with Crippen LogP contribution in [-0.4, -0.2) is 44.9 Å². The first-order valence-electron chi connectivity index (χ1n) is 11.1. The molecule has 2 aromatic heterocycles. The van der Waals surface area contributed by atoms with E-state index >= 15 is 0 Å². The third kappa shape index (κ3) is 4.80. The number of aromatic nitrogens is 3. The molecule has 0 radical (unpaired) electrons. The molecular formula is C24H28FN5OS. The van der Waals surface area contributed by atoms with E-state index in [2.05, 4.69) is 34.1 Å². The first kappa shape index (κ1) is 22.3. The first-order valence-corrected chi connectivity index (χ1v) is 11.9. The summed E-state index contributed by atoms with van der Waals surface area (Å²) in [4.78, 5) is 29.7. The van der Waals surface area contributed by atoms with Crippen LogP contribution in [0.5, 0.6) is 0 Å². The number of hydrogen-bond donors (Lipinski definition) is 1. The number of carbonyl (C=O) groups is 1. The van der Waals surface area contributed by atoms with Gasteiger partial charge in [0.05, 0.1) is 15.9 Å². The molecule has 0 saturated carbocycles. The fraction of sp³-hybridized carbons (Fsp3) is 0.417. The van der Waals surface area contributed by atoms with Crippen LogP contribution in [0.15, 0.2) is 36.7 Å². The quantitative estimate of drug-likeness (QED) is 0.571. The van der Waals surface area contributed by atoms with Crippen molar-refractivity contribution < 1.29 is 9.18 Å². The number of nitrogens with zero attached hydrogens (tertiary/aromatic N) is 4. The fourth-order valence-electron chi connectivity index (χ4n) is 4.14. The molecule has 1 saturated heterocycles. The lowest BCUT2D eigenvalue weighted by Gasteiger charge is -2.40. The zero-order valence-corrected chi connectivity index (χ0v) is 19.5. The van der Waals surface area contributed by atoms with Gasteiger partial charge in [0.2, 0.25) is 5.95 Å². The molecule has 3 heterocycles. The topological polar surface area (TPSA) is 71.0 Å². The minimum Gasteiger partial charge on any atom is -0.352 e. The molecular weight excluding hydrogens is 425 g/mol.